The predicted octanol–water partition coefficient (Wildman–Crippen LogP) is 3.64. The monoisotopic (exact) mass is 406 g/mol. The van der Waals surface area contributed by atoms with E-state index in [4.69, 9.17) is 4.74 Å². The van der Waals surface area contributed by atoms with Gasteiger partial charge in [0.15, 0.2) is 0 Å². The second-order valence-electron chi connectivity index (χ2n) is 8.27. The summed E-state index contributed by atoms with van der Waals surface area (Å²) in [6.07, 6.45) is 3.01. The van der Waals surface area contributed by atoms with Gasteiger partial charge in [-0.05, 0) is 55.6 Å². The summed E-state index contributed by atoms with van der Waals surface area (Å²) in [5.41, 5.74) is 3.69. The van der Waals surface area contributed by atoms with Crippen LogP contribution in [0.25, 0.3) is 11.0 Å². The first-order valence-electron chi connectivity index (χ1n) is 10.2. The van der Waals surface area contributed by atoms with E-state index in [1.54, 1.807) is 7.11 Å². The van der Waals surface area contributed by atoms with E-state index >= 15 is 0 Å². The van der Waals surface area contributed by atoms with Crippen LogP contribution >= 0.6 is 11.7 Å². The lowest BCUT2D eigenvalue weighted by Gasteiger charge is -2.33. The van der Waals surface area contributed by atoms with Crippen LogP contribution in [0.1, 0.15) is 30.9 Å². The van der Waals surface area contributed by atoms with Crippen LogP contribution in [-0.2, 0) is 4.79 Å². The number of nitrogens with zero attached hydrogens (tertiary/aromatic N) is 4. The van der Waals surface area contributed by atoms with Crippen molar-refractivity contribution in [2.75, 3.05) is 25.1 Å². The van der Waals surface area contributed by atoms with Gasteiger partial charge in [-0.2, -0.15) is 8.75 Å². The van der Waals surface area contributed by atoms with E-state index < -0.39 is 0 Å². The highest BCUT2D eigenvalue weighted by atomic mass is 32.1. The molecule has 6 rings (SSSR count). The average molecular weight is 407 g/mol. The molecule has 29 heavy (non-hydrogen) atoms. The summed E-state index contributed by atoms with van der Waals surface area (Å²) in [4.78, 5) is 18.3. The molecule has 0 aliphatic carbocycles. The zero-order valence-corrected chi connectivity index (χ0v) is 17.1. The molecule has 3 aliphatic rings. The number of hydrogen-bond donors (Lipinski definition) is 0. The van der Waals surface area contributed by atoms with E-state index in [-0.39, 0.29) is 17.5 Å². The molecular weight excluding hydrogens is 384 g/mol. The lowest BCUT2D eigenvalue weighted by Crippen LogP contribution is -2.49. The van der Waals surface area contributed by atoms with E-state index in [0.717, 1.165) is 54.8 Å². The largest absolute Gasteiger partial charge is 0.495 e. The van der Waals surface area contributed by atoms with Crippen molar-refractivity contribution in [3.8, 4) is 5.75 Å². The van der Waals surface area contributed by atoms with Gasteiger partial charge < -0.3 is 9.64 Å². The van der Waals surface area contributed by atoms with Crippen molar-refractivity contribution < 1.29 is 9.53 Å². The molecule has 3 aromatic rings. The number of carbonyl (C=O) groups is 1. The summed E-state index contributed by atoms with van der Waals surface area (Å²) in [5.74, 6) is 1.33. The second kappa shape index (κ2) is 6.24. The fraction of sp³-hybridized carbons (Fsp3) is 0.409. The lowest BCUT2D eigenvalue weighted by molar-refractivity contribution is -0.126. The third-order valence-corrected chi connectivity index (χ3v) is 7.64. The first kappa shape index (κ1) is 17.4. The van der Waals surface area contributed by atoms with Gasteiger partial charge in [0.1, 0.15) is 22.3 Å². The van der Waals surface area contributed by atoms with Gasteiger partial charge in [-0.25, -0.2) is 0 Å². The minimum atomic E-state index is -0.374. The zero-order chi connectivity index (χ0) is 19.6. The highest BCUT2D eigenvalue weighted by molar-refractivity contribution is 7.00. The Morgan fingerprint density at radius 1 is 1.17 bits per heavy atom. The van der Waals surface area contributed by atoms with Gasteiger partial charge >= 0.3 is 0 Å². The number of anilines is 1. The van der Waals surface area contributed by atoms with Crippen LogP contribution in [0, 0.1) is 5.92 Å². The molecule has 3 atom stereocenters. The van der Waals surface area contributed by atoms with Gasteiger partial charge in [0.05, 0.1) is 24.5 Å². The lowest BCUT2D eigenvalue weighted by atomic mass is 9.85. The maximum Gasteiger partial charge on any atom is 0.248 e. The van der Waals surface area contributed by atoms with Crippen LogP contribution in [-0.4, -0.2) is 45.3 Å². The molecule has 0 radical (unpaired) electrons. The van der Waals surface area contributed by atoms with E-state index in [0.29, 0.717) is 5.92 Å². The summed E-state index contributed by atoms with van der Waals surface area (Å²) in [5, 5.41) is 0. The fourth-order valence-corrected chi connectivity index (χ4v) is 6.39. The summed E-state index contributed by atoms with van der Waals surface area (Å²) in [6, 6.07) is 14.5. The second-order valence-corrected chi connectivity index (χ2v) is 8.80. The molecule has 1 aromatic heterocycles. The van der Waals surface area contributed by atoms with Gasteiger partial charge in [0, 0.05) is 18.5 Å². The Balaban J connectivity index is 1.38. The highest BCUT2D eigenvalue weighted by Crippen LogP contribution is 2.57. The number of amides is 1. The summed E-state index contributed by atoms with van der Waals surface area (Å²) in [7, 11) is 1.67. The van der Waals surface area contributed by atoms with Crippen LogP contribution in [0.3, 0.4) is 0 Å². The summed E-state index contributed by atoms with van der Waals surface area (Å²) >= 11 is 1.25. The van der Waals surface area contributed by atoms with Crippen molar-refractivity contribution in [3.63, 3.8) is 0 Å². The van der Waals surface area contributed by atoms with Crippen molar-refractivity contribution >= 4 is 34.4 Å². The van der Waals surface area contributed by atoms with Crippen molar-refractivity contribution in [3.05, 3.63) is 48.0 Å². The average Bonchev–Trinajstić information content (AvgIpc) is 3.49. The number of para-hydroxylation sites is 2. The Morgan fingerprint density at radius 2 is 2.03 bits per heavy atom. The van der Waals surface area contributed by atoms with E-state index in [2.05, 4.69) is 31.8 Å². The minimum absolute atomic E-state index is 0.239. The molecule has 1 spiro atoms. The first-order chi connectivity index (χ1) is 14.2. The minimum Gasteiger partial charge on any atom is -0.495 e. The smallest absolute Gasteiger partial charge is 0.248 e. The quantitative estimate of drug-likeness (QED) is 0.665. The summed E-state index contributed by atoms with van der Waals surface area (Å²) in [6.45, 7) is 1.73. The van der Waals surface area contributed by atoms with Crippen molar-refractivity contribution in [1.29, 1.82) is 0 Å². The third kappa shape index (κ3) is 2.28. The van der Waals surface area contributed by atoms with Crippen molar-refractivity contribution in [1.82, 2.24) is 13.6 Å². The first-order valence-corrected chi connectivity index (χ1v) is 10.9. The number of rotatable bonds is 3. The standard InChI is InChI=1S/C22H22N4O2S/c1-28-20-6-3-2-5-18(20)25-13-15-12-19(26-10-4-9-22(15,26)21(25)27)14-7-8-16-17(11-14)24-29-23-16/h2-3,5-8,11,15,19H,4,9-10,12-13H2,1H3/t15-,19-,22-/m0/s1. The third-order valence-electron chi connectivity index (χ3n) is 7.09. The molecule has 7 heteroatoms. The number of ether oxygens (including phenoxy) is 1. The van der Waals surface area contributed by atoms with E-state index in [9.17, 15) is 4.79 Å². The Hall–Kier alpha value is -2.51. The molecule has 4 heterocycles. The fourth-order valence-electron chi connectivity index (χ4n) is 5.88. The number of hydrogen-bond acceptors (Lipinski definition) is 6. The number of benzene rings is 2. The van der Waals surface area contributed by atoms with Crippen LogP contribution in [0.15, 0.2) is 42.5 Å². The van der Waals surface area contributed by atoms with Crippen LogP contribution in [0.5, 0.6) is 5.75 Å². The number of aromatic nitrogens is 2. The van der Waals surface area contributed by atoms with E-state index in [1.807, 2.05) is 29.2 Å². The molecule has 6 nitrogen and oxygen atoms in total. The molecule has 0 bridgehead atoms. The van der Waals surface area contributed by atoms with Gasteiger partial charge in [-0.15, -0.1) is 0 Å². The molecule has 0 saturated carbocycles. The Kier molecular flexibility index (Phi) is 3.74. The topological polar surface area (TPSA) is 58.6 Å². The van der Waals surface area contributed by atoms with Crippen LogP contribution in [0.4, 0.5) is 5.69 Å². The molecule has 0 N–H and O–H groups in total. The molecule has 3 aliphatic heterocycles. The van der Waals surface area contributed by atoms with E-state index in [1.165, 1.54) is 17.3 Å². The van der Waals surface area contributed by atoms with Gasteiger partial charge in [-0.1, -0.05) is 18.2 Å². The molecular formula is C22H22N4O2S. The summed E-state index contributed by atoms with van der Waals surface area (Å²) < 4.78 is 14.3. The number of methoxy groups -OCH3 is 1. The van der Waals surface area contributed by atoms with Crippen molar-refractivity contribution in [2.45, 2.75) is 30.8 Å². The van der Waals surface area contributed by atoms with Crippen molar-refractivity contribution in [2.24, 2.45) is 5.92 Å². The molecule has 148 valence electrons. The number of fused-ring (bicyclic) bond motifs is 1. The Morgan fingerprint density at radius 3 is 2.93 bits per heavy atom. The van der Waals surface area contributed by atoms with Gasteiger partial charge in [-0.3, -0.25) is 9.69 Å². The predicted molar refractivity (Wildman–Crippen MR) is 112 cm³/mol. The SMILES string of the molecule is COc1ccccc1N1C[C@@H]2C[C@@H](c3ccc4nsnc4c3)N3CCC[C@@]23C1=O. The molecule has 0 unspecified atom stereocenters. The molecule has 3 saturated heterocycles. The zero-order valence-electron chi connectivity index (χ0n) is 16.2. The molecule has 3 fully saturated rings. The number of carbonyl (C=O) groups excluding carboxylic acids is 1. The Bertz CT molecular complexity index is 1110. The van der Waals surface area contributed by atoms with Gasteiger partial charge in [0.2, 0.25) is 5.91 Å². The highest BCUT2D eigenvalue weighted by Gasteiger charge is 2.65. The Labute approximate surface area is 173 Å². The maximum atomic E-state index is 13.8. The van der Waals surface area contributed by atoms with Crippen LogP contribution < -0.4 is 9.64 Å². The molecule has 1 amide bonds. The van der Waals surface area contributed by atoms with Crippen LogP contribution in [0.2, 0.25) is 0 Å². The maximum absolute atomic E-state index is 13.8. The normalized spacial score (nSPS) is 28.9. The van der Waals surface area contributed by atoms with Gasteiger partial charge in [0.25, 0.3) is 0 Å². The molecule has 2 aromatic carbocycles.